The lowest BCUT2D eigenvalue weighted by atomic mass is 10.3. The quantitative estimate of drug-likeness (QED) is 0.734. The van der Waals surface area contributed by atoms with Crippen LogP contribution < -0.4 is 16.0 Å². The van der Waals surface area contributed by atoms with Crippen LogP contribution in [0, 0.1) is 0 Å². The van der Waals surface area contributed by atoms with Crippen molar-refractivity contribution in [3.63, 3.8) is 0 Å². The van der Waals surface area contributed by atoms with Crippen molar-refractivity contribution in [3.8, 4) is 0 Å². The zero-order valence-corrected chi connectivity index (χ0v) is 14.5. The average molecular weight is 360 g/mol. The minimum absolute atomic E-state index is 0.110. The van der Waals surface area contributed by atoms with E-state index in [1.165, 1.54) is 4.57 Å². The van der Waals surface area contributed by atoms with E-state index in [4.69, 9.17) is 16.0 Å². The molecule has 0 fully saturated rings. The lowest BCUT2D eigenvalue weighted by Crippen LogP contribution is -2.36. The number of halogens is 1. The summed E-state index contributed by atoms with van der Waals surface area (Å²) in [4.78, 5) is 26.1. The average Bonchev–Trinajstić information content (AvgIpc) is 2.91. The van der Waals surface area contributed by atoms with Crippen molar-refractivity contribution in [2.24, 2.45) is 0 Å². The number of rotatable bonds is 6. The number of para-hydroxylation sites is 1. The van der Waals surface area contributed by atoms with Gasteiger partial charge in [-0.2, -0.15) is 0 Å². The van der Waals surface area contributed by atoms with Crippen molar-refractivity contribution in [1.82, 2.24) is 9.88 Å². The number of anilines is 1. The van der Waals surface area contributed by atoms with Gasteiger partial charge in [-0.1, -0.05) is 29.8 Å². The van der Waals surface area contributed by atoms with Crippen LogP contribution in [0.1, 0.15) is 0 Å². The Morgan fingerprint density at radius 1 is 1.24 bits per heavy atom. The molecule has 0 unspecified atom stereocenters. The summed E-state index contributed by atoms with van der Waals surface area (Å²) in [5.74, 6) is -0.833. The van der Waals surface area contributed by atoms with Crippen LogP contribution in [0.15, 0.2) is 57.7 Å². The first kappa shape index (κ1) is 17.1. The molecule has 0 aliphatic heterocycles. The highest BCUT2D eigenvalue weighted by molar-refractivity contribution is 6.31. The van der Waals surface area contributed by atoms with Crippen molar-refractivity contribution < 1.29 is 9.21 Å². The molecule has 1 aromatic heterocycles. The fourth-order valence-electron chi connectivity index (χ4n) is 2.56. The number of nitrogens with zero attached hydrogens (tertiary/aromatic N) is 2. The van der Waals surface area contributed by atoms with E-state index in [0.717, 1.165) is 5.69 Å². The predicted molar refractivity (Wildman–Crippen MR) is 98.2 cm³/mol. The summed E-state index contributed by atoms with van der Waals surface area (Å²) in [6.07, 6.45) is 0. The minimum atomic E-state index is -0.575. The number of hydrogen-bond donors (Lipinski definition) is 1. The number of amides is 1. The third-order valence-corrected chi connectivity index (χ3v) is 4.13. The molecular weight excluding hydrogens is 342 g/mol. The monoisotopic (exact) mass is 359 g/mol. The zero-order chi connectivity index (χ0) is 17.8. The molecule has 6 nitrogen and oxygen atoms in total. The SMILES string of the molecule is CN(CCNC(=O)Cn1c(=O)oc2ccc(Cl)cc21)c1ccccc1. The minimum Gasteiger partial charge on any atom is -0.408 e. The van der Waals surface area contributed by atoms with E-state index in [9.17, 15) is 9.59 Å². The number of hydrogen-bond acceptors (Lipinski definition) is 4. The van der Waals surface area contributed by atoms with Crippen molar-refractivity contribution in [3.05, 3.63) is 64.1 Å². The molecule has 3 aromatic rings. The number of benzene rings is 2. The Hall–Kier alpha value is -2.73. The van der Waals surface area contributed by atoms with Crippen molar-refractivity contribution in [2.75, 3.05) is 25.0 Å². The maximum Gasteiger partial charge on any atom is 0.420 e. The summed E-state index contributed by atoms with van der Waals surface area (Å²) in [6, 6.07) is 14.7. The van der Waals surface area contributed by atoms with Crippen molar-refractivity contribution in [2.45, 2.75) is 6.54 Å². The number of carbonyl (C=O) groups is 1. The lowest BCUT2D eigenvalue weighted by molar-refractivity contribution is -0.121. The Bertz CT molecular complexity index is 934. The van der Waals surface area contributed by atoms with Crippen LogP contribution in [0.4, 0.5) is 5.69 Å². The molecule has 0 aliphatic carbocycles. The second-order valence-corrected chi connectivity index (χ2v) is 6.11. The summed E-state index contributed by atoms with van der Waals surface area (Å²) in [7, 11) is 1.96. The largest absolute Gasteiger partial charge is 0.420 e. The van der Waals surface area contributed by atoms with Gasteiger partial charge in [0, 0.05) is 30.8 Å². The van der Waals surface area contributed by atoms with E-state index < -0.39 is 5.76 Å². The van der Waals surface area contributed by atoms with E-state index >= 15 is 0 Å². The molecule has 0 bridgehead atoms. The number of oxazole rings is 1. The van der Waals surface area contributed by atoms with Crippen molar-refractivity contribution >= 4 is 34.3 Å². The molecule has 1 N–H and O–H groups in total. The van der Waals surface area contributed by atoms with Gasteiger partial charge in [0.1, 0.15) is 6.54 Å². The molecule has 7 heteroatoms. The predicted octanol–water partition coefficient (Wildman–Crippen LogP) is 2.50. The molecule has 0 spiro atoms. The molecule has 3 rings (SSSR count). The zero-order valence-electron chi connectivity index (χ0n) is 13.7. The molecule has 0 radical (unpaired) electrons. The van der Waals surface area contributed by atoms with Gasteiger partial charge in [-0.15, -0.1) is 0 Å². The molecule has 1 heterocycles. The van der Waals surface area contributed by atoms with Gasteiger partial charge in [-0.3, -0.25) is 9.36 Å². The number of nitrogens with one attached hydrogen (secondary N) is 1. The van der Waals surface area contributed by atoms with Gasteiger partial charge in [0.05, 0.1) is 5.52 Å². The molecule has 0 saturated heterocycles. The van der Waals surface area contributed by atoms with Gasteiger partial charge in [-0.05, 0) is 30.3 Å². The van der Waals surface area contributed by atoms with Gasteiger partial charge < -0.3 is 14.6 Å². The summed E-state index contributed by atoms with van der Waals surface area (Å²) in [5.41, 5.74) is 1.99. The normalized spacial score (nSPS) is 10.8. The molecule has 0 aliphatic rings. The maximum absolute atomic E-state index is 12.1. The fourth-order valence-corrected chi connectivity index (χ4v) is 2.73. The highest BCUT2D eigenvalue weighted by atomic mass is 35.5. The Labute approximate surface area is 149 Å². The van der Waals surface area contributed by atoms with Crippen LogP contribution in [0.2, 0.25) is 5.02 Å². The van der Waals surface area contributed by atoms with Gasteiger partial charge in [-0.25, -0.2) is 4.79 Å². The Morgan fingerprint density at radius 2 is 2.00 bits per heavy atom. The third kappa shape index (κ3) is 4.03. The van der Waals surface area contributed by atoms with Gasteiger partial charge in [0.25, 0.3) is 0 Å². The topological polar surface area (TPSA) is 67.5 Å². The first-order valence-electron chi connectivity index (χ1n) is 7.86. The third-order valence-electron chi connectivity index (χ3n) is 3.90. The summed E-state index contributed by atoms with van der Waals surface area (Å²) in [6.45, 7) is 1.01. The lowest BCUT2D eigenvalue weighted by Gasteiger charge is -2.19. The van der Waals surface area contributed by atoms with Crippen LogP contribution in [-0.4, -0.2) is 30.6 Å². The molecule has 0 atom stereocenters. The first-order chi connectivity index (χ1) is 12.0. The van der Waals surface area contributed by atoms with E-state index in [-0.39, 0.29) is 12.5 Å². The van der Waals surface area contributed by atoms with Crippen LogP contribution in [0.25, 0.3) is 11.1 Å². The number of likely N-dealkylation sites (N-methyl/N-ethyl adjacent to an activating group) is 1. The van der Waals surface area contributed by atoms with E-state index in [1.54, 1.807) is 18.2 Å². The van der Waals surface area contributed by atoms with Crippen LogP contribution in [0.5, 0.6) is 0 Å². The smallest absolute Gasteiger partial charge is 0.408 e. The molecule has 130 valence electrons. The summed E-state index contributed by atoms with van der Waals surface area (Å²) < 4.78 is 6.39. The molecule has 2 aromatic carbocycles. The van der Waals surface area contributed by atoms with Crippen LogP contribution in [-0.2, 0) is 11.3 Å². The number of carbonyl (C=O) groups excluding carboxylic acids is 1. The number of fused-ring (bicyclic) bond motifs is 1. The number of aromatic nitrogens is 1. The summed E-state index contributed by atoms with van der Waals surface area (Å²) >= 11 is 5.95. The summed E-state index contributed by atoms with van der Waals surface area (Å²) in [5, 5.41) is 3.29. The van der Waals surface area contributed by atoms with Crippen LogP contribution in [0.3, 0.4) is 0 Å². The fraction of sp³-hybridized carbons (Fsp3) is 0.222. The van der Waals surface area contributed by atoms with E-state index in [2.05, 4.69) is 5.32 Å². The second-order valence-electron chi connectivity index (χ2n) is 5.67. The van der Waals surface area contributed by atoms with Gasteiger partial charge in [0.2, 0.25) is 5.91 Å². The molecular formula is C18H18ClN3O3. The standard InChI is InChI=1S/C18H18ClN3O3/c1-21(14-5-3-2-4-6-14)10-9-20-17(23)12-22-15-11-13(19)7-8-16(15)25-18(22)24/h2-8,11H,9-10,12H2,1H3,(H,20,23). The van der Waals surface area contributed by atoms with Gasteiger partial charge >= 0.3 is 5.76 Å². The molecule has 0 saturated carbocycles. The van der Waals surface area contributed by atoms with Gasteiger partial charge in [0.15, 0.2) is 5.58 Å². The van der Waals surface area contributed by atoms with Crippen molar-refractivity contribution in [1.29, 1.82) is 0 Å². The molecule has 25 heavy (non-hydrogen) atoms. The molecule has 1 amide bonds. The van der Waals surface area contributed by atoms with E-state index in [0.29, 0.717) is 29.2 Å². The maximum atomic E-state index is 12.1. The second kappa shape index (κ2) is 7.44. The highest BCUT2D eigenvalue weighted by Crippen LogP contribution is 2.18. The first-order valence-corrected chi connectivity index (χ1v) is 8.24. The Kier molecular flexibility index (Phi) is 5.09. The Morgan fingerprint density at radius 3 is 2.76 bits per heavy atom. The van der Waals surface area contributed by atoms with E-state index in [1.807, 2.05) is 42.3 Å². The Balaban J connectivity index is 1.59. The highest BCUT2D eigenvalue weighted by Gasteiger charge is 2.13. The van der Waals surface area contributed by atoms with Crippen LogP contribution >= 0.6 is 11.6 Å².